The normalized spacial score (nSPS) is 10.5. The van der Waals surface area contributed by atoms with E-state index in [9.17, 15) is 4.79 Å². The molecule has 1 aromatic carbocycles. The molecule has 0 amide bonds. The van der Waals surface area contributed by atoms with Gasteiger partial charge in [0.15, 0.2) is 0 Å². The van der Waals surface area contributed by atoms with E-state index in [1.807, 2.05) is 6.92 Å². The third-order valence-corrected chi connectivity index (χ3v) is 2.04. The molecule has 0 radical (unpaired) electrons. The Morgan fingerprint density at radius 3 is 2.92 bits per heavy atom. The van der Waals surface area contributed by atoms with Crippen LogP contribution < -0.4 is 0 Å². The molecule has 1 aromatic heterocycles. The lowest BCUT2D eigenvalue weighted by molar-refractivity contribution is 0.0697. The first-order valence-corrected chi connectivity index (χ1v) is 3.89. The molecular formula is C10H8O3. The lowest BCUT2D eigenvalue weighted by Gasteiger charge is -1.93. The van der Waals surface area contributed by atoms with Gasteiger partial charge < -0.3 is 9.52 Å². The molecule has 0 atom stereocenters. The van der Waals surface area contributed by atoms with Crippen LogP contribution in [0.5, 0.6) is 0 Å². The van der Waals surface area contributed by atoms with Crippen LogP contribution in [0.25, 0.3) is 10.8 Å². The highest BCUT2D eigenvalue weighted by Crippen LogP contribution is 2.21. The highest BCUT2D eigenvalue weighted by Gasteiger charge is 2.06. The maximum Gasteiger partial charge on any atom is 0.335 e. The van der Waals surface area contributed by atoms with Crippen molar-refractivity contribution in [1.29, 1.82) is 0 Å². The zero-order valence-corrected chi connectivity index (χ0v) is 7.07. The molecule has 0 fully saturated rings. The van der Waals surface area contributed by atoms with Gasteiger partial charge in [-0.25, -0.2) is 4.79 Å². The van der Waals surface area contributed by atoms with E-state index in [4.69, 9.17) is 9.52 Å². The van der Waals surface area contributed by atoms with Crippen molar-refractivity contribution in [1.82, 2.24) is 0 Å². The van der Waals surface area contributed by atoms with Crippen molar-refractivity contribution in [3.8, 4) is 0 Å². The van der Waals surface area contributed by atoms with Gasteiger partial charge >= 0.3 is 5.97 Å². The minimum atomic E-state index is -0.916. The number of rotatable bonds is 1. The highest BCUT2D eigenvalue weighted by atomic mass is 16.4. The molecule has 66 valence electrons. The summed E-state index contributed by atoms with van der Waals surface area (Å²) in [5.41, 5.74) is 0.285. The van der Waals surface area contributed by atoms with Gasteiger partial charge in [0.05, 0.1) is 11.8 Å². The standard InChI is InChI=1S/C10H8O3/c1-6-9-3-2-7(10(11)12)4-8(9)5-13-6/h2-5H,1H3,(H,11,12). The predicted octanol–water partition coefficient (Wildman–Crippen LogP) is 2.44. The van der Waals surface area contributed by atoms with Crippen LogP contribution in [0.2, 0.25) is 0 Å². The molecule has 3 heteroatoms. The van der Waals surface area contributed by atoms with Gasteiger partial charge in [0, 0.05) is 10.8 Å². The van der Waals surface area contributed by atoms with Gasteiger partial charge in [0.25, 0.3) is 0 Å². The molecule has 1 N–H and O–H groups in total. The Balaban J connectivity index is 2.70. The number of hydrogen-bond donors (Lipinski definition) is 1. The third kappa shape index (κ3) is 1.18. The zero-order chi connectivity index (χ0) is 9.42. The molecule has 0 aliphatic heterocycles. The van der Waals surface area contributed by atoms with E-state index in [0.29, 0.717) is 0 Å². The summed E-state index contributed by atoms with van der Waals surface area (Å²) in [6.07, 6.45) is 1.57. The number of hydrogen-bond acceptors (Lipinski definition) is 2. The van der Waals surface area contributed by atoms with Gasteiger partial charge in [-0.15, -0.1) is 0 Å². The van der Waals surface area contributed by atoms with Crippen molar-refractivity contribution < 1.29 is 14.3 Å². The summed E-state index contributed by atoms with van der Waals surface area (Å²) in [7, 11) is 0. The first-order chi connectivity index (χ1) is 6.18. The summed E-state index contributed by atoms with van der Waals surface area (Å²) in [5.74, 6) is -0.104. The van der Waals surface area contributed by atoms with Crippen molar-refractivity contribution in [3.05, 3.63) is 35.8 Å². The largest absolute Gasteiger partial charge is 0.478 e. The Morgan fingerprint density at radius 1 is 1.46 bits per heavy atom. The highest BCUT2D eigenvalue weighted by molar-refractivity contribution is 5.94. The number of aryl methyl sites for hydroxylation is 1. The van der Waals surface area contributed by atoms with Crippen LogP contribution >= 0.6 is 0 Å². The number of carboxylic acids is 1. The summed E-state index contributed by atoms with van der Waals surface area (Å²) >= 11 is 0. The minimum absolute atomic E-state index is 0.285. The van der Waals surface area contributed by atoms with E-state index in [1.165, 1.54) is 0 Å². The second-order valence-corrected chi connectivity index (χ2v) is 2.90. The van der Waals surface area contributed by atoms with Gasteiger partial charge in [-0.05, 0) is 19.1 Å². The van der Waals surface area contributed by atoms with Crippen LogP contribution in [-0.4, -0.2) is 11.1 Å². The van der Waals surface area contributed by atoms with Gasteiger partial charge in [0.2, 0.25) is 0 Å². The average molecular weight is 176 g/mol. The quantitative estimate of drug-likeness (QED) is 0.725. The fourth-order valence-corrected chi connectivity index (χ4v) is 1.33. The van der Waals surface area contributed by atoms with Crippen LogP contribution in [0.4, 0.5) is 0 Å². The first kappa shape index (κ1) is 7.86. The van der Waals surface area contributed by atoms with E-state index in [0.717, 1.165) is 16.5 Å². The smallest absolute Gasteiger partial charge is 0.335 e. The molecule has 0 unspecified atom stereocenters. The zero-order valence-electron chi connectivity index (χ0n) is 7.07. The number of carboxylic acid groups (broad SMARTS) is 1. The van der Waals surface area contributed by atoms with Crippen molar-refractivity contribution in [3.63, 3.8) is 0 Å². The molecule has 2 rings (SSSR count). The monoisotopic (exact) mass is 176 g/mol. The van der Waals surface area contributed by atoms with Crippen molar-refractivity contribution in [2.75, 3.05) is 0 Å². The number of furan rings is 1. The Hall–Kier alpha value is -1.77. The predicted molar refractivity (Wildman–Crippen MR) is 47.9 cm³/mol. The van der Waals surface area contributed by atoms with Gasteiger partial charge in [-0.2, -0.15) is 0 Å². The van der Waals surface area contributed by atoms with E-state index < -0.39 is 5.97 Å². The van der Waals surface area contributed by atoms with Crippen molar-refractivity contribution >= 4 is 16.7 Å². The summed E-state index contributed by atoms with van der Waals surface area (Å²) in [5, 5.41) is 10.5. The van der Waals surface area contributed by atoms with Crippen molar-refractivity contribution in [2.24, 2.45) is 0 Å². The summed E-state index contributed by atoms with van der Waals surface area (Å²) in [4.78, 5) is 10.6. The van der Waals surface area contributed by atoms with Crippen LogP contribution in [0.1, 0.15) is 16.1 Å². The Kier molecular flexibility index (Phi) is 1.59. The summed E-state index contributed by atoms with van der Waals surface area (Å²) < 4.78 is 5.16. The van der Waals surface area contributed by atoms with E-state index >= 15 is 0 Å². The molecule has 0 spiro atoms. The second kappa shape index (κ2) is 2.62. The Morgan fingerprint density at radius 2 is 2.23 bits per heavy atom. The summed E-state index contributed by atoms with van der Waals surface area (Å²) in [6, 6.07) is 4.94. The first-order valence-electron chi connectivity index (χ1n) is 3.89. The molecule has 0 aliphatic rings. The molecule has 0 saturated carbocycles. The fourth-order valence-electron chi connectivity index (χ4n) is 1.33. The molecule has 13 heavy (non-hydrogen) atoms. The number of benzene rings is 1. The van der Waals surface area contributed by atoms with Gasteiger partial charge in [-0.1, -0.05) is 6.07 Å². The third-order valence-electron chi connectivity index (χ3n) is 2.04. The number of carbonyl (C=O) groups is 1. The minimum Gasteiger partial charge on any atom is -0.478 e. The van der Waals surface area contributed by atoms with E-state index in [1.54, 1.807) is 24.5 Å². The summed E-state index contributed by atoms with van der Waals surface area (Å²) in [6.45, 7) is 1.85. The maximum absolute atomic E-state index is 10.6. The SMILES string of the molecule is Cc1occ2cc(C(=O)O)ccc12. The average Bonchev–Trinajstić information content (AvgIpc) is 2.47. The van der Waals surface area contributed by atoms with E-state index in [2.05, 4.69) is 0 Å². The molecular weight excluding hydrogens is 168 g/mol. The van der Waals surface area contributed by atoms with E-state index in [-0.39, 0.29) is 5.56 Å². The topological polar surface area (TPSA) is 50.4 Å². The number of fused-ring (bicyclic) bond motifs is 1. The fraction of sp³-hybridized carbons (Fsp3) is 0.100. The van der Waals surface area contributed by atoms with Crippen LogP contribution in [0.3, 0.4) is 0 Å². The van der Waals surface area contributed by atoms with Crippen LogP contribution in [0.15, 0.2) is 28.9 Å². The molecule has 2 aromatic rings. The Bertz CT molecular complexity index is 468. The molecule has 0 bridgehead atoms. The lowest BCUT2D eigenvalue weighted by atomic mass is 10.1. The van der Waals surface area contributed by atoms with Crippen LogP contribution in [0, 0.1) is 6.92 Å². The van der Waals surface area contributed by atoms with Gasteiger partial charge in [-0.3, -0.25) is 0 Å². The molecule has 0 saturated heterocycles. The second-order valence-electron chi connectivity index (χ2n) is 2.90. The molecule has 1 heterocycles. The van der Waals surface area contributed by atoms with Gasteiger partial charge in [0.1, 0.15) is 5.76 Å². The molecule has 0 aliphatic carbocycles. The maximum atomic E-state index is 10.6. The lowest BCUT2D eigenvalue weighted by Crippen LogP contribution is -1.94. The Labute approximate surface area is 74.6 Å². The van der Waals surface area contributed by atoms with Crippen LogP contribution in [-0.2, 0) is 0 Å². The number of aromatic carboxylic acids is 1. The van der Waals surface area contributed by atoms with Crippen molar-refractivity contribution in [2.45, 2.75) is 6.92 Å². The molecule has 3 nitrogen and oxygen atoms in total.